The van der Waals surface area contributed by atoms with Gasteiger partial charge in [-0.05, 0) is 42.8 Å². The predicted molar refractivity (Wildman–Crippen MR) is 104 cm³/mol. The first kappa shape index (κ1) is 18.4. The maximum Gasteiger partial charge on any atom is 0.265 e. The summed E-state index contributed by atoms with van der Waals surface area (Å²) in [5, 5.41) is 2.79. The molecule has 3 nitrogen and oxygen atoms in total. The number of carbonyl (C=O) groups excluding carboxylic acids is 1. The van der Waals surface area contributed by atoms with Crippen molar-refractivity contribution in [1.82, 2.24) is 0 Å². The molecule has 0 unspecified atom stereocenters. The Morgan fingerprint density at radius 2 is 1.92 bits per heavy atom. The van der Waals surface area contributed by atoms with Crippen LogP contribution in [0.15, 0.2) is 42.5 Å². The normalized spacial score (nSPS) is 15.8. The van der Waals surface area contributed by atoms with Crippen molar-refractivity contribution in [2.45, 2.75) is 17.6 Å². The lowest BCUT2D eigenvalue weighted by atomic mass is 10.2. The van der Waals surface area contributed by atoms with Gasteiger partial charge in [-0.3, -0.25) is 4.79 Å². The first-order chi connectivity index (χ1) is 12.0. The number of rotatable bonds is 5. The third kappa shape index (κ3) is 4.84. The van der Waals surface area contributed by atoms with E-state index in [9.17, 15) is 9.18 Å². The molecule has 2 aromatic rings. The Labute approximate surface area is 159 Å². The number of halogens is 2. The molecular weight excluding hydrogens is 381 g/mol. The molecule has 132 valence electrons. The largest absolute Gasteiger partial charge is 0.481 e. The Morgan fingerprint density at radius 3 is 2.56 bits per heavy atom. The van der Waals surface area contributed by atoms with Crippen LogP contribution in [0.3, 0.4) is 0 Å². The first-order valence-corrected chi connectivity index (χ1v) is 10.3. The van der Waals surface area contributed by atoms with Gasteiger partial charge in [0.05, 0.1) is 15.3 Å². The fraction of sp³-hybridized carbons (Fsp3) is 0.278. The Hall–Kier alpha value is -1.37. The van der Waals surface area contributed by atoms with Crippen molar-refractivity contribution in [2.75, 3.05) is 16.8 Å². The van der Waals surface area contributed by atoms with E-state index in [0.717, 1.165) is 6.07 Å². The lowest BCUT2D eigenvalue weighted by Crippen LogP contribution is -2.30. The summed E-state index contributed by atoms with van der Waals surface area (Å²) >= 11 is 9.80. The molecule has 1 aliphatic heterocycles. The van der Waals surface area contributed by atoms with Crippen LogP contribution in [0.2, 0.25) is 5.02 Å². The molecule has 7 heteroatoms. The summed E-state index contributed by atoms with van der Waals surface area (Å²) in [7, 11) is 0. The van der Waals surface area contributed by atoms with Crippen molar-refractivity contribution >= 4 is 46.7 Å². The minimum atomic E-state index is -0.706. The van der Waals surface area contributed by atoms with Gasteiger partial charge in [0.1, 0.15) is 11.6 Å². The van der Waals surface area contributed by atoms with Gasteiger partial charge in [-0.2, -0.15) is 0 Å². The molecule has 2 aromatic carbocycles. The standard InChI is InChI=1S/C18H17ClFNO2S2/c1-11(17(22)21-16-7-4-13(20)10-15(16)19)23-14-5-2-12(3-6-14)18-24-8-9-25-18/h2-7,10-11,18H,8-9H2,1H3,(H,21,22)/t11-/m0/s1. The highest BCUT2D eigenvalue weighted by Gasteiger charge is 2.19. The van der Waals surface area contributed by atoms with Crippen molar-refractivity contribution in [3.63, 3.8) is 0 Å². The van der Waals surface area contributed by atoms with Gasteiger partial charge < -0.3 is 10.1 Å². The van der Waals surface area contributed by atoms with Crippen LogP contribution in [0.25, 0.3) is 0 Å². The van der Waals surface area contributed by atoms with Gasteiger partial charge in [0.25, 0.3) is 5.91 Å². The molecule has 1 aliphatic rings. The molecule has 0 spiro atoms. The number of nitrogens with one attached hydrogen (secondary N) is 1. The molecule has 1 heterocycles. The van der Waals surface area contributed by atoms with Crippen LogP contribution in [-0.4, -0.2) is 23.5 Å². The maximum atomic E-state index is 13.1. The number of thioether (sulfide) groups is 2. The molecule has 1 amide bonds. The second-order valence-electron chi connectivity index (χ2n) is 5.52. The van der Waals surface area contributed by atoms with Gasteiger partial charge >= 0.3 is 0 Å². The molecule has 0 aliphatic carbocycles. The van der Waals surface area contributed by atoms with Gasteiger partial charge in [-0.1, -0.05) is 23.7 Å². The summed E-state index contributed by atoms with van der Waals surface area (Å²) in [6.07, 6.45) is -0.706. The van der Waals surface area contributed by atoms with E-state index in [-0.39, 0.29) is 10.9 Å². The van der Waals surface area contributed by atoms with Crippen molar-refractivity contribution in [3.05, 3.63) is 58.9 Å². The van der Waals surface area contributed by atoms with Crippen molar-refractivity contribution in [1.29, 1.82) is 0 Å². The second-order valence-corrected chi connectivity index (χ2v) is 8.65. The molecule has 3 rings (SSSR count). The lowest BCUT2D eigenvalue weighted by molar-refractivity contribution is -0.122. The second kappa shape index (κ2) is 8.34. The van der Waals surface area contributed by atoms with Crippen LogP contribution in [-0.2, 0) is 4.79 Å². The molecule has 1 fully saturated rings. The number of ether oxygens (including phenoxy) is 1. The van der Waals surface area contributed by atoms with Crippen LogP contribution in [0.1, 0.15) is 17.1 Å². The van der Waals surface area contributed by atoms with Gasteiger partial charge in [-0.15, -0.1) is 23.5 Å². The maximum absolute atomic E-state index is 13.1. The highest BCUT2D eigenvalue weighted by atomic mass is 35.5. The molecule has 0 aromatic heterocycles. The lowest BCUT2D eigenvalue weighted by Gasteiger charge is -2.16. The summed E-state index contributed by atoms with van der Waals surface area (Å²) < 4.78 is 19.2. The summed E-state index contributed by atoms with van der Waals surface area (Å²) in [5.74, 6) is 2.18. The van der Waals surface area contributed by atoms with Crippen molar-refractivity contribution in [3.8, 4) is 5.75 Å². The van der Waals surface area contributed by atoms with E-state index in [4.69, 9.17) is 16.3 Å². The van der Waals surface area contributed by atoms with Gasteiger partial charge in [0, 0.05) is 11.5 Å². The van der Waals surface area contributed by atoms with E-state index in [2.05, 4.69) is 5.32 Å². The number of carbonyl (C=O) groups is 1. The van der Waals surface area contributed by atoms with Crippen LogP contribution < -0.4 is 10.1 Å². The van der Waals surface area contributed by atoms with Gasteiger partial charge in [-0.25, -0.2) is 4.39 Å². The summed E-state index contributed by atoms with van der Waals surface area (Å²) in [5.41, 5.74) is 1.61. The average Bonchev–Trinajstić information content (AvgIpc) is 3.12. The molecule has 1 saturated heterocycles. The van der Waals surface area contributed by atoms with E-state index in [1.54, 1.807) is 6.92 Å². The Bertz CT molecular complexity index is 751. The summed E-state index contributed by atoms with van der Waals surface area (Å²) in [6.45, 7) is 1.66. The third-order valence-electron chi connectivity index (χ3n) is 3.65. The molecular formula is C18H17ClFNO2S2. The first-order valence-electron chi connectivity index (χ1n) is 7.78. The van der Waals surface area contributed by atoms with Crippen LogP contribution in [0.4, 0.5) is 10.1 Å². The monoisotopic (exact) mass is 397 g/mol. The van der Waals surface area contributed by atoms with Crippen LogP contribution in [0, 0.1) is 5.82 Å². The Morgan fingerprint density at radius 1 is 1.24 bits per heavy atom. The topological polar surface area (TPSA) is 38.3 Å². The zero-order valence-corrected chi connectivity index (χ0v) is 15.9. The zero-order chi connectivity index (χ0) is 17.8. The molecule has 0 saturated carbocycles. The van der Waals surface area contributed by atoms with E-state index in [1.165, 1.54) is 29.2 Å². The number of amides is 1. The molecule has 0 radical (unpaired) electrons. The van der Waals surface area contributed by atoms with E-state index >= 15 is 0 Å². The van der Waals surface area contributed by atoms with Gasteiger partial charge in [0.15, 0.2) is 6.10 Å². The zero-order valence-electron chi connectivity index (χ0n) is 13.5. The number of benzene rings is 2. The summed E-state index contributed by atoms with van der Waals surface area (Å²) in [6, 6.07) is 11.6. The molecule has 1 atom stereocenters. The fourth-order valence-corrected chi connectivity index (χ4v) is 5.41. The smallest absolute Gasteiger partial charge is 0.265 e. The quantitative estimate of drug-likeness (QED) is 0.736. The van der Waals surface area contributed by atoms with Gasteiger partial charge in [0.2, 0.25) is 0 Å². The van der Waals surface area contributed by atoms with Crippen molar-refractivity contribution < 1.29 is 13.9 Å². The fourth-order valence-electron chi connectivity index (χ4n) is 2.34. The number of hydrogen-bond donors (Lipinski definition) is 1. The van der Waals surface area contributed by atoms with Crippen LogP contribution >= 0.6 is 35.1 Å². The average molecular weight is 398 g/mol. The minimum Gasteiger partial charge on any atom is -0.481 e. The predicted octanol–water partition coefficient (Wildman–Crippen LogP) is 5.36. The molecule has 1 N–H and O–H groups in total. The Balaban J connectivity index is 1.59. The third-order valence-corrected chi connectivity index (χ3v) is 7.06. The molecule has 0 bridgehead atoms. The molecule has 25 heavy (non-hydrogen) atoms. The van der Waals surface area contributed by atoms with E-state index < -0.39 is 11.9 Å². The highest BCUT2D eigenvalue weighted by Crippen LogP contribution is 2.45. The minimum absolute atomic E-state index is 0.150. The SMILES string of the molecule is C[C@H](Oc1ccc(C2SCCS2)cc1)C(=O)Nc1ccc(F)cc1Cl. The van der Waals surface area contributed by atoms with E-state index in [0.29, 0.717) is 16.0 Å². The summed E-state index contributed by atoms with van der Waals surface area (Å²) in [4.78, 5) is 12.2. The van der Waals surface area contributed by atoms with Crippen molar-refractivity contribution in [2.24, 2.45) is 0 Å². The Kier molecular flexibility index (Phi) is 6.15. The number of hydrogen-bond acceptors (Lipinski definition) is 4. The highest BCUT2D eigenvalue weighted by molar-refractivity contribution is 8.19. The number of anilines is 1. The van der Waals surface area contributed by atoms with E-state index in [1.807, 2.05) is 47.8 Å². The van der Waals surface area contributed by atoms with Crippen LogP contribution in [0.5, 0.6) is 5.75 Å².